The van der Waals surface area contributed by atoms with E-state index in [0.717, 1.165) is 22.6 Å². The third-order valence-corrected chi connectivity index (χ3v) is 4.26. The van der Waals surface area contributed by atoms with E-state index in [1.54, 1.807) is 0 Å². The number of carbonyl (C=O) groups excluding carboxylic acids is 1. The van der Waals surface area contributed by atoms with Gasteiger partial charge >= 0.3 is 5.97 Å². The first-order valence-electron chi connectivity index (χ1n) is 6.48. The molecule has 0 aliphatic carbocycles. The number of rotatable bonds is 4. The summed E-state index contributed by atoms with van der Waals surface area (Å²) >= 11 is 1.47. The number of hydrogen-bond donors (Lipinski definition) is 1. The van der Waals surface area contributed by atoms with E-state index in [-0.39, 0.29) is 12.5 Å². The number of thioether (sulfide) groups is 1. The average molecular weight is 291 g/mol. The lowest BCUT2D eigenvalue weighted by Gasteiger charge is -2.29. The summed E-state index contributed by atoms with van der Waals surface area (Å²) in [5.41, 5.74) is 2.82. The molecule has 0 bridgehead atoms. The Kier molecular flexibility index (Phi) is 4.49. The molecule has 1 aromatic rings. The Morgan fingerprint density at radius 2 is 2.00 bits per heavy atom. The molecule has 1 aromatic carbocycles. The Morgan fingerprint density at radius 1 is 1.35 bits per heavy atom. The molecule has 0 radical (unpaired) electrons. The van der Waals surface area contributed by atoms with Crippen molar-refractivity contribution in [3.8, 4) is 0 Å². The van der Waals surface area contributed by atoms with E-state index in [2.05, 4.69) is 6.92 Å². The van der Waals surface area contributed by atoms with E-state index in [4.69, 9.17) is 5.11 Å². The predicted octanol–water partition coefficient (Wildman–Crippen LogP) is 2.60. The molecule has 0 spiro atoms. The van der Waals surface area contributed by atoms with Gasteiger partial charge in [-0.3, -0.25) is 14.5 Å². The number of aliphatic carboxylic acids is 1. The molecular formula is C15H17NO3S. The van der Waals surface area contributed by atoms with Gasteiger partial charge in [0, 0.05) is 4.91 Å². The Balaban J connectivity index is 2.41. The van der Waals surface area contributed by atoms with Gasteiger partial charge in [-0.25, -0.2) is 0 Å². The van der Waals surface area contributed by atoms with E-state index < -0.39 is 5.97 Å². The highest BCUT2D eigenvalue weighted by Gasteiger charge is 2.28. The summed E-state index contributed by atoms with van der Waals surface area (Å²) in [6.45, 7) is 3.72. The molecule has 4 nitrogen and oxygen atoms in total. The van der Waals surface area contributed by atoms with Crippen molar-refractivity contribution in [2.24, 2.45) is 0 Å². The van der Waals surface area contributed by atoms with Crippen LogP contribution < -0.4 is 0 Å². The molecule has 0 atom stereocenters. The molecule has 5 heteroatoms. The van der Waals surface area contributed by atoms with Crippen LogP contribution in [0.15, 0.2) is 29.2 Å². The minimum atomic E-state index is -0.999. The molecule has 1 aliphatic rings. The molecule has 1 amide bonds. The highest BCUT2D eigenvalue weighted by molar-refractivity contribution is 8.03. The highest BCUT2D eigenvalue weighted by atomic mass is 32.2. The van der Waals surface area contributed by atoms with Crippen LogP contribution in [0.5, 0.6) is 0 Å². The van der Waals surface area contributed by atoms with Crippen LogP contribution >= 0.6 is 11.8 Å². The van der Waals surface area contributed by atoms with Gasteiger partial charge in [-0.05, 0) is 24.5 Å². The molecule has 1 N–H and O–H groups in total. The lowest BCUT2D eigenvalue weighted by atomic mass is 10.1. The second-order valence-electron chi connectivity index (χ2n) is 4.62. The quantitative estimate of drug-likeness (QED) is 0.926. The van der Waals surface area contributed by atoms with Crippen LogP contribution in [0.4, 0.5) is 0 Å². The van der Waals surface area contributed by atoms with Crippen molar-refractivity contribution < 1.29 is 14.7 Å². The van der Waals surface area contributed by atoms with Gasteiger partial charge in [-0.1, -0.05) is 31.2 Å². The van der Waals surface area contributed by atoms with Crippen LogP contribution in [0.25, 0.3) is 5.70 Å². The lowest BCUT2D eigenvalue weighted by Crippen LogP contribution is -2.38. The summed E-state index contributed by atoms with van der Waals surface area (Å²) in [6, 6.07) is 7.92. The fraction of sp³-hybridized carbons (Fsp3) is 0.333. The SMILES string of the molecule is CCc1ccc(C2=C(C)SCC(=O)N2CC(=O)O)cc1. The van der Waals surface area contributed by atoms with Crippen LogP contribution in [0.1, 0.15) is 25.0 Å². The van der Waals surface area contributed by atoms with E-state index in [1.165, 1.54) is 22.2 Å². The van der Waals surface area contributed by atoms with Crippen LogP contribution in [0.3, 0.4) is 0 Å². The molecule has 0 fully saturated rings. The number of aryl methyl sites for hydroxylation is 1. The number of benzene rings is 1. The molecule has 0 saturated heterocycles. The first kappa shape index (κ1) is 14.7. The number of allylic oxidation sites excluding steroid dienone is 1. The number of carbonyl (C=O) groups is 2. The average Bonchev–Trinajstić information content (AvgIpc) is 2.43. The van der Waals surface area contributed by atoms with Crippen molar-refractivity contribution in [3.05, 3.63) is 40.3 Å². The van der Waals surface area contributed by atoms with Crippen LogP contribution in [0.2, 0.25) is 0 Å². The van der Waals surface area contributed by atoms with Crippen molar-refractivity contribution >= 4 is 29.3 Å². The van der Waals surface area contributed by atoms with Gasteiger partial charge in [-0.15, -0.1) is 11.8 Å². The topological polar surface area (TPSA) is 57.6 Å². The van der Waals surface area contributed by atoms with Gasteiger partial charge in [0.25, 0.3) is 0 Å². The molecule has 0 saturated carbocycles. The van der Waals surface area contributed by atoms with E-state index in [1.807, 2.05) is 31.2 Å². The maximum Gasteiger partial charge on any atom is 0.323 e. The van der Waals surface area contributed by atoms with E-state index >= 15 is 0 Å². The number of hydrogen-bond acceptors (Lipinski definition) is 3. The summed E-state index contributed by atoms with van der Waals surface area (Å²) < 4.78 is 0. The van der Waals surface area contributed by atoms with E-state index in [9.17, 15) is 9.59 Å². The third kappa shape index (κ3) is 3.04. The summed E-state index contributed by atoms with van der Waals surface area (Å²) in [6.07, 6.45) is 0.949. The molecule has 2 rings (SSSR count). The standard InChI is InChI=1S/C15H17NO3S/c1-3-11-4-6-12(7-5-11)15-10(2)20-9-13(17)16(15)8-14(18)19/h4-7H,3,8-9H2,1-2H3,(H,18,19). The molecule has 106 valence electrons. The Bertz CT molecular complexity index is 563. The van der Waals surface area contributed by atoms with Gasteiger partial charge in [0.1, 0.15) is 6.54 Å². The number of carboxylic acids is 1. The zero-order chi connectivity index (χ0) is 14.7. The van der Waals surface area contributed by atoms with Crippen LogP contribution in [-0.4, -0.2) is 34.2 Å². The normalized spacial score (nSPS) is 15.7. The summed E-state index contributed by atoms with van der Waals surface area (Å²) in [5, 5.41) is 8.99. The fourth-order valence-electron chi connectivity index (χ4n) is 2.19. The second-order valence-corrected chi connectivity index (χ2v) is 5.81. The third-order valence-electron chi connectivity index (χ3n) is 3.25. The van der Waals surface area contributed by atoms with Gasteiger partial charge in [0.2, 0.25) is 5.91 Å². The molecule has 20 heavy (non-hydrogen) atoms. The van der Waals surface area contributed by atoms with Crippen molar-refractivity contribution in [2.45, 2.75) is 20.3 Å². The molecular weight excluding hydrogens is 274 g/mol. The zero-order valence-electron chi connectivity index (χ0n) is 11.5. The summed E-state index contributed by atoms with van der Waals surface area (Å²) in [4.78, 5) is 25.3. The molecule has 1 aliphatic heterocycles. The Labute approximate surface area is 122 Å². The minimum absolute atomic E-state index is 0.155. The lowest BCUT2D eigenvalue weighted by molar-refractivity contribution is -0.141. The van der Waals surface area contributed by atoms with Gasteiger partial charge in [0.05, 0.1) is 11.4 Å². The van der Waals surface area contributed by atoms with Crippen molar-refractivity contribution in [1.29, 1.82) is 0 Å². The van der Waals surface area contributed by atoms with E-state index in [0.29, 0.717) is 5.75 Å². The maximum absolute atomic E-state index is 12.0. The predicted molar refractivity (Wildman–Crippen MR) is 80.2 cm³/mol. The van der Waals surface area contributed by atoms with Gasteiger partial charge in [0.15, 0.2) is 0 Å². The van der Waals surface area contributed by atoms with Crippen LogP contribution in [-0.2, 0) is 16.0 Å². The second kappa shape index (κ2) is 6.13. The van der Waals surface area contributed by atoms with Crippen molar-refractivity contribution in [3.63, 3.8) is 0 Å². The highest BCUT2D eigenvalue weighted by Crippen LogP contribution is 2.34. The molecule has 1 heterocycles. The van der Waals surface area contributed by atoms with Crippen molar-refractivity contribution in [1.82, 2.24) is 4.90 Å². The van der Waals surface area contributed by atoms with Crippen molar-refractivity contribution in [2.75, 3.05) is 12.3 Å². The minimum Gasteiger partial charge on any atom is -0.480 e. The Hall–Kier alpha value is -1.75. The first-order valence-corrected chi connectivity index (χ1v) is 7.46. The monoisotopic (exact) mass is 291 g/mol. The summed E-state index contributed by atoms with van der Waals surface area (Å²) in [7, 11) is 0. The zero-order valence-corrected chi connectivity index (χ0v) is 12.4. The molecule has 0 unspecified atom stereocenters. The largest absolute Gasteiger partial charge is 0.480 e. The fourth-order valence-corrected chi connectivity index (χ4v) is 3.05. The molecule has 0 aromatic heterocycles. The number of nitrogens with zero attached hydrogens (tertiary/aromatic N) is 1. The van der Waals surface area contributed by atoms with Gasteiger partial charge < -0.3 is 5.11 Å². The van der Waals surface area contributed by atoms with Gasteiger partial charge in [-0.2, -0.15) is 0 Å². The smallest absolute Gasteiger partial charge is 0.323 e. The van der Waals surface area contributed by atoms with Crippen LogP contribution in [0, 0.1) is 0 Å². The Morgan fingerprint density at radius 3 is 2.55 bits per heavy atom. The number of carboxylic acid groups (broad SMARTS) is 1. The summed E-state index contributed by atoms with van der Waals surface area (Å²) in [5.74, 6) is -0.853. The first-order chi connectivity index (χ1) is 9.52. The maximum atomic E-state index is 12.0. The number of amides is 1.